The highest BCUT2D eigenvalue weighted by Crippen LogP contribution is 2.17. The van der Waals surface area contributed by atoms with E-state index in [1.165, 1.54) is 11.1 Å². The minimum absolute atomic E-state index is 0.617. The Kier molecular flexibility index (Phi) is 2.63. The second-order valence-corrected chi connectivity index (χ2v) is 3.52. The fraction of sp³-hybridized carbons (Fsp3) is 0.167. The summed E-state index contributed by atoms with van der Waals surface area (Å²) >= 11 is 0. The smallest absolute Gasteiger partial charge is 0.127 e. The van der Waals surface area contributed by atoms with Crippen LogP contribution in [0.5, 0.6) is 0 Å². The molecule has 3 heteroatoms. The molecule has 2 rings (SSSR count). The minimum Gasteiger partial charge on any atom is -0.383 e. The maximum absolute atomic E-state index is 5.84. The molecule has 2 heterocycles. The van der Waals surface area contributed by atoms with E-state index < -0.39 is 0 Å². The zero-order valence-electron chi connectivity index (χ0n) is 8.64. The molecular weight excluding hydrogens is 186 g/mol. The molecule has 0 unspecified atom stereocenters. The van der Waals surface area contributed by atoms with Crippen LogP contribution >= 0.6 is 0 Å². The monoisotopic (exact) mass is 199 g/mol. The number of hydrogen-bond donors (Lipinski definition) is 1. The van der Waals surface area contributed by atoms with Crippen LogP contribution in [0.2, 0.25) is 0 Å². The maximum atomic E-state index is 5.84. The van der Waals surface area contributed by atoms with Gasteiger partial charge in [-0.3, -0.25) is 4.98 Å². The summed E-state index contributed by atoms with van der Waals surface area (Å²) in [6.45, 7) is 2.05. The van der Waals surface area contributed by atoms with Gasteiger partial charge in [-0.05, 0) is 36.2 Å². The molecule has 0 aliphatic carbocycles. The molecule has 3 nitrogen and oxygen atoms in total. The normalized spacial score (nSPS) is 10.2. The molecule has 0 aliphatic heterocycles. The Morgan fingerprint density at radius 1 is 1.13 bits per heavy atom. The van der Waals surface area contributed by atoms with E-state index in [1.807, 2.05) is 18.2 Å². The standard InChI is InChI=1S/C12H13N3/c1-9-2-7-15-12(13)11(9)8-10-3-5-14-6-4-10/h2-7H,8H2,1H3,(H2,13,15). The van der Waals surface area contributed by atoms with Crippen molar-refractivity contribution in [1.82, 2.24) is 9.97 Å². The quantitative estimate of drug-likeness (QED) is 0.804. The van der Waals surface area contributed by atoms with Crippen molar-refractivity contribution in [3.63, 3.8) is 0 Å². The Hall–Kier alpha value is -1.90. The van der Waals surface area contributed by atoms with Gasteiger partial charge in [0, 0.05) is 30.6 Å². The number of aryl methyl sites for hydroxylation is 1. The highest BCUT2D eigenvalue weighted by molar-refractivity contribution is 5.46. The van der Waals surface area contributed by atoms with Gasteiger partial charge in [-0.2, -0.15) is 0 Å². The first kappa shape index (κ1) is 9.65. The second-order valence-electron chi connectivity index (χ2n) is 3.52. The van der Waals surface area contributed by atoms with Gasteiger partial charge in [0.1, 0.15) is 5.82 Å². The predicted molar refractivity (Wildman–Crippen MR) is 60.4 cm³/mol. The van der Waals surface area contributed by atoms with Crippen LogP contribution in [-0.4, -0.2) is 9.97 Å². The third-order valence-corrected chi connectivity index (χ3v) is 2.45. The molecule has 0 bridgehead atoms. The van der Waals surface area contributed by atoms with Gasteiger partial charge in [0.05, 0.1) is 0 Å². The number of nitrogen functional groups attached to an aromatic ring is 1. The molecule has 0 saturated carbocycles. The third-order valence-electron chi connectivity index (χ3n) is 2.45. The van der Waals surface area contributed by atoms with Crippen molar-refractivity contribution < 1.29 is 0 Å². The number of aromatic nitrogens is 2. The first-order chi connectivity index (χ1) is 7.27. The minimum atomic E-state index is 0.617. The molecule has 76 valence electrons. The zero-order valence-corrected chi connectivity index (χ0v) is 8.64. The van der Waals surface area contributed by atoms with E-state index in [2.05, 4.69) is 16.9 Å². The summed E-state index contributed by atoms with van der Waals surface area (Å²) in [5, 5.41) is 0. The Bertz CT molecular complexity index is 431. The van der Waals surface area contributed by atoms with Gasteiger partial charge < -0.3 is 5.73 Å². The Morgan fingerprint density at radius 2 is 1.87 bits per heavy atom. The first-order valence-corrected chi connectivity index (χ1v) is 4.86. The number of nitrogens with zero attached hydrogens (tertiary/aromatic N) is 2. The molecule has 0 radical (unpaired) electrons. The van der Waals surface area contributed by atoms with Crippen LogP contribution in [0.3, 0.4) is 0 Å². The summed E-state index contributed by atoms with van der Waals surface area (Å²) in [6, 6.07) is 5.96. The SMILES string of the molecule is Cc1ccnc(N)c1Cc1ccncc1. The van der Waals surface area contributed by atoms with Gasteiger partial charge in [0.15, 0.2) is 0 Å². The van der Waals surface area contributed by atoms with E-state index in [1.54, 1.807) is 18.6 Å². The van der Waals surface area contributed by atoms with E-state index in [9.17, 15) is 0 Å². The number of rotatable bonds is 2. The van der Waals surface area contributed by atoms with E-state index in [0.29, 0.717) is 5.82 Å². The lowest BCUT2D eigenvalue weighted by Crippen LogP contribution is -2.01. The Balaban J connectivity index is 2.32. The largest absolute Gasteiger partial charge is 0.383 e. The van der Waals surface area contributed by atoms with E-state index in [4.69, 9.17) is 5.73 Å². The predicted octanol–water partition coefficient (Wildman–Crippen LogP) is 1.96. The average molecular weight is 199 g/mol. The first-order valence-electron chi connectivity index (χ1n) is 4.86. The van der Waals surface area contributed by atoms with Crippen LogP contribution in [0.4, 0.5) is 5.82 Å². The van der Waals surface area contributed by atoms with Crippen molar-refractivity contribution in [2.24, 2.45) is 0 Å². The molecule has 0 fully saturated rings. The van der Waals surface area contributed by atoms with Crippen LogP contribution in [-0.2, 0) is 6.42 Å². The molecular formula is C12H13N3. The van der Waals surface area contributed by atoms with Gasteiger partial charge in [-0.25, -0.2) is 4.98 Å². The highest BCUT2D eigenvalue weighted by Gasteiger charge is 2.04. The van der Waals surface area contributed by atoms with Gasteiger partial charge in [0.2, 0.25) is 0 Å². The molecule has 2 N–H and O–H groups in total. The Labute approximate surface area is 89.0 Å². The molecule has 0 atom stereocenters. The van der Waals surface area contributed by atoms with E-state index in [-0.39, 0.29) is 0 Å². The fourth-order valence-electron chi connectivity index (χ4n) is 1.54. The zero-order chi connectivity index (χ0) is 10.7. The molecule has 0 saturated heterocycles. The number of nitrogens with two attached hydrogens (primary N) is 1. The van der Waals surface area contributed by atoms with Gasteiger partial charge in [-0.1, -0.05) is 0 Å². The lowest BCUT2D eigenvalue weighted by Gasteiger charge is -2.07. The van der Waals surface area contributed by atoms with Crippen LogP contribution in [0, 0.1) is 6.92 Å². The van der Waals surface area contributed by atoms with Crippen molar-refractivity contribution in [3.05, 3.63) is 53.5 Å². The molecule has 15 heavy (non-hydrogen) atoms. The average Bonchev–Trinajstić information content (AvgIpc) is 2.25. The number of pyridine rings is 2. The van der Waals surface area contributed by atoms with E-state index >= 15 is 0 Å². The lowest BCUT2D eigenvalue weighted by atomic mass is 10.0. The van der Waals surface area contributed by atoms with Crippen molar-refractivity contribution in [1.29, 1.82) is 0 Å². The third kappa shape index (κ3) is 2.13. The van der Waals surface area contributed by atoms with Crippen molar-refractivity contribution in [3.8, 4) is 0 Å². The molecule has 2 aromatic heterocycles. The summed E-state index contributed by atoms with van der Waals surface area (Å²) < 4.78 is 0. The summed E-state index contributed by atoms with van der Waals surface area (Å²) in [5.74, 6) is 0.617. The van der Waals surface area contributed by atoms with Gasteiger partial charge in [0.25, 0.3) is 0 Å². The van der Waals surface area contributed by atoms with Crippen LogP contribution in [0.15, 0.2) is 36.8 Å². The van der Waals surface area contributed by atoms with Crippen molar-refractivity contribution in [2.45, 2.75) is 13.3 Å². The summed E-state index contributed by atoms with van der Waals surface area (Å²) in [4.78, 5) is 8.08. The number of hydrogen-bond acceptors (Lipinski definition) is 3. The summed E-state index contributed by atoms with van der Waals surface area (Å²) in [5.41, 5.74) is 9.32. The summed E-state index contributed by atoms with van der Waals surface area (Å²) in [6.07, 6.45) is 6.13. The summed E-state index contributed by atoms with van der Waals surface area (Å²) in [7, 11) is 0. The molecule has 0 amide bonds. The molecule has 0 spiro atoms. The van der Waals surface area contributed by atoms with Crippen molar-refractivity contribution in [2.75, 3.05) is 5.73 Å². The van der Waals surface area contributed by atoms with Crippen molar-refractivity contribution >= 4 is 5.82 Å². The van der Waals surface area contributed by atoms with Gasteiger partial charge >= 0.3 is 0 Å². The van der Waals surface area contributed by atoms with Gasteiger partial charge in [-0.15, -0.1) is 0 Å². The molecule has 0 aliphatic rings. The Morgan fingerprint density at radius 3 is 2.53 bits per heavy atom. The van der Waals surface area contributed by atoms with Crippen LogP contribution in [0.1, 0.15) is 16.7 Å². The second kappa shape index (κ2) is 4.09. The fourth-order valence-corrected chi connectivity index (χ4v) is 1.54. The van der Waals surface area contributed by atoms with E-state index in [0.717, 1.165) is 12.0 Å². The lowest BCUT2D eigenvalue weighted by molar-refractivity contribution is 1.11. The maximum Gasteiger partial charge on any atom is 0.127 e. The topological polar surface area (TPSA) is 51.8 Å². The van der Waals surface area contributed by atoms with Crippen LogP contribution < -0.4 is 5.73 Å². The highest BCUT2D eigenvalue weighted by atomic mass is 14.8. The number of anilines is 1. The van der Waals surface area contributed by atoms with Crippen LogP contribution in [0.25, 0.3) is 0 Å². The molecule has 0 aromatic carbocycles. The molecule has 2 aromatic rings.